The molecule has 0 atom stereocenters. The summed E-state index contributed by atoms with van der Waals surface area (Å²) in [7, 11) is -3.86. The lowest BCUT2D eigenvalue weighted by Crippen LogP contribution is -2.31. The van der Waals surface area contributed by atoms with Gasteiger partial charge in [0.05, 0.1) is 30.2 Å². The zero-order chi connectivity index (χ0) is 22.9. The van der Waals surface area contributed by atoms with Crippen molar-refractivity contribution in [2.24, 2.45) is 11.8 Å². The molecule has 0 amide bonds. The summed E-state index contributed by atoms with van der Waals surface area (Å²) < 4.78 is 65.1. The molecule has 6 nitrogen and oxygen atoms in total. The molecule has 174 valence electrons. The molecule has 1 aromatic carbocycles. The first-order chi connectivity index (χ1) is 14.7. The third kappa shape index (κ3) is 8.43. The van der Waals surface area contributed by atoms with Gasteiger partial charge in [0.2, 0.25) is 10.0 Å². The van der Waals surface area contributed by atoms with E-state index in [2.05, 4.69) is 16.6 Å². The summed E-state index contributed by atoms with van der Waals surface area (Å²) in [5.74, 6) is 6.70. The van der Waals surface area contributed by atoms with Crippen LogP contribution < -0.4 is 4.72 Å². The summed E-state index contributed by atoms with van der Waals surface area (Å²) >= 11 is 0. The third-order valence-electron chi connectivity index (χ3n) is 5.34. The van der Waals surface area contributed by atoms with E-state index < -0.39 is 21.8 Å². The summed E-state index contributed by atoms with van der Waals surface area (Å²) in [6.07, 6.45) is -1.19. The molecule has 0 radical (unpaired) electrons. The molecule has 1 aliphatic rings. The molecule has 1 saturated carbocycles. The van der Waals surface area contributed by atoms with Crippen molar-refractivity contribution in [3.63, 3.8) is 0 Å². The molecular weight excluding hydrogens is 433 g/mol. The minimum Gasteiger partial charge on any atom is -0.395 e. The van der Waals surface area contributed by atoms with Crippen LogP contribution in [0.2, 0.25) is 0 Å². The van der Waals surface area contributed by atoms with Gasteiger partial charge in [-0.05, 0) is 55.9 Å². The van der Waals surface area contributed by atoms with Crippen LogP contribution in [-0.2, 0) is 16.2 Å². The predicted molar refractivity (Wildman–Crippen MR) is 110 cm³/mol. The molecule has 0 aromatic heterocycles. The Morgan fingerprint density at radius 2 is 1.61 bits per heavy atom. The molecule has 0 unspecified atom stereocenters. The molecule has 10 heteroatoms. The van der Waals surface area contributed by atoms with E-state index in [-0.39, 0.29) is 36.5 Å². The van der Waals surface area contributed by atoms with E-state index in [1.165, 1.54) is 0 Å². The van der Waals surface area contributed by atoms with Crippen molar-refractivity contribution in [2.45, 2.75) is 36.8 Å². The van der Waals surface area contributed by atoms with Crippen LogP contribution in [0.25, 0.3) is 0 Å². The maximum atomic E-state index is 12.6. The van der Waals surface area contributed by atoms with E-state index in [9.17, 15) is 21.6 Å². The number of aliphatic hydroxyl groups is 2. The van der Waals surface area contributed by atoms with Crippen molar-refractivity contribution in [1.82, 2.24) is 9.62 Å². The Labute approximate surface area is 181 Å². The second-order valence-corrected chi connectivity index (χ2v) is 9.40. The van der Waals surface area contributed by atoms with E-state index in [1.807, 2.05) is 4.90 Å². The van der Waals surface area contributed by atoms with Gasteiger partial charge in [-0.15, -0.1) is 0 Å². The highest BCUT2D eigenvalue weighted by Crippen LogP contribution is 2.30. The van der Waals surface area contributed by atoms with Crippen LogP contribution in [0.15, 0.2) is 29.2 Å². The number of aliphatic hydroxyl groups excluding tert-OH is 2. The molecule has 0 saturated heterocycles. The fourth-order valence-corrected chi connectivity index (χ4v) is 4.62. The zero-order valence-electron chi connectivity index (χ0n) is 17.2. The van der Waals surface area contributed by atoms with Crippen LogP contribution in [-0.4, -0.2) is 62.9 Å². The minimum atomic E-state index is -4.51. The summed E-state index contributed by atoms with van der Waals surface area (Å²) in [5.41, 5.74) is -0.887. The molecule has 1 aliphatic carbocycles. The first kappa shape index (κ1) is 25.6. The second-order valence-electron chi connectivity index (χ2n) is 7.64. The molecular formula is C21H29F3N2O4S. The molecule has 0 heterocycles. The lowest BCUT2D eigenvalue weighted by Gasteiger charge is -2.26. The van der Waals surface area contributed by atoms with E-state index in [1.54, 1.807) is 0 Å². The molecule has 0 bridgehead atoms. The van der Waals surface area contributed by atoms with Gasteiger partial charge < -0.3 is 10.2 Å². The minimum absolute atomic E-state index is 0.00910. The Bertz CT molecular complexity index is 834. The first-order valence-corrected chi connectivity index (χ1v) is 11.7. The van der Waals surface area contributed by atoms with Crippen LogP contribution >= 0.6 is 0 Å². The van der Waals surface area contributed by atoms with Crippen LogP contribution in [0, 0.1) is 23.7 Å². The molecule has 0 aliphatic heterocycles. The van der Waals surface area contributed by atoms with Crippen molar-refractivity contribution in [1.29, 1.82) is 0 Å². The second kappa shape index (κ2) is 11.8. The Morgan fingerprint density at radius 1 is 1.03 bits per heavy atom. The summed E-state index contributed by atoms with van der Waals surface area (Å²) in [4.78, 5) is 1.68. The molecule has 3 N–H and O–H groups in total. The molecule has 1 fully saturated rings. The maximum absolute atomic E-state index is 12.6. The molecule has 1 aromatic rings. The first-order valence-electron chi connectivity index (χ1n) is 10.2. The molecule has 2 rings (SSSR count). The van der Waals surface area contributed by atoms with Crippen molar-refractivity contribution in [2.75, 3.05) is 39.4 Å². The number of nitrogens with zero attached hydrogens (tertiary/aromatic N) is 1. The lowest BCUT2D eigenvalue weighted by molar-refractivity contribution is -0.137. The van der Waals surface area contributed by atoms with Gasteiger partial charge >= 0.3 is 6.18 Å². The van der Waals surface area contributed by atoms with Gasteiger partial charge in [0, 0.05) is 25.6 Å². The van der Waals surface area contributed by atoms with E-state index in [4.69, 9.17) is 10.2 Å². The van der Waals surface area contributed by atoms with Gasteiger partial charge in [-0.25, -0.2) is 13.1 Å². The third-order valence-corrected chi connectivity index (χ3v) is 6.78. The highest BCUT2D eigenvalue weighted by molar-refractivity contribution is 7.89. The monoisotopic (exact) mass is 462 g/mol. The summed E-state index contributed by atoms with van der Waals surface area (Å²) in [5, 5.41) is 18.0. The van der Waals surface area contributed by atoms with E-state index >= 15 is 0 Å². The van der Waals surface area contributed by atoms with Gasteiger partial charge in [0.1, 0.15) is 0 Å². The maximum Gasteiger partial charge on any atom is 0.416 e. The largest absolute Gasteiger partial charge is 0.416 e. The van der Waals surface area contributed by atoms with Crippen molar-refractivity contribution >= 4 is 10.0 Å². The average molecular weight is 463 g/mol. The average Bonchev–Trinajstić information content (AvgIpc) is 2.73. The van der Waals surface area contributed by atoms with Crippen LogP contribution in [0.3, 0.4) is 0 Å². The van der Waals surface area contributed by atoms with E-state index in [0.29, 0.717) is 19.6 Å². The lowest BCUT2D eigenvalue weighted by atomic mass is 9.82. The number of hydrogen-bond acceptors (Lipinski definition) is 5. The Kier molecular flexibility index (Phi) is 9.78. The van der Waals surface area contributed by atoms with E-state index in [0.717, 1.165) is 49.9 Å². The summed E-state index contributed by atoms with van der Waals surface area (Å²) in [6, 6.07) is 3.46. The normalized spacial score (nSPS) is 19.8. The van der Waals surface area contributed by atoms with Crippen molar-refractivity contribution in [3.8, 4) is 11.8 Å². The zero-order valence-corrected chi connectivity index (χ0v) is 18.1. The number of hydrogen-bond donors (Lipinski definition) is 3. The van der Waals surface area contributed by atoms with Crippen LogP contribution in [0.4, 0.5) is 13.2 Å². The van der Waals surface area contributed by atoms with Gasteiger partial charge in [-0.2, -0.15) is 13.2 Å². The smallest absolute Gasteiger partial charge is 0.395 e. The van der Waals surface area contributed by atoms with Crippen molar-refractivity contribution in [3.05, 3.63) is 29.8 Å². The Morgan fingerprint density at radius 3 is 2.13 bits per heavy atom. The number of sulfonamides is 1. The van der Waals surface area contributed by atoms with Gasteiger partial charge in [-0.1, -0.05) is 11.8 Å². The topological polar surface area (TPSA) is 89.9 Å². The quantitative estimate of drug-likeness (QED) is 0.489. The number of halogens is 3. The standard InChI is InChI=1S/C21H29F3N2O4S/c22-21(23,24)19-7-9-20(10-8-19)31(29,30)25-16-18-5-3-17(4-6-18)2-1-11-26(12-14-27)13-15-28/h7-10,17-18,25,27-28H,3-6,11-16H2. The van der Waals surface area contributed by atoms with Crippen LogP contribution in [0.1, 0.15) is 31.2 Å². The van der Waals surface area contributed by atoms with Gasteiger partial charge in [-0.3, -0.25) is 4.90 Å². The SMILES string of the molecule is O=S(=O)(NCC1CCC(C#CCN(CCO)CCO)CC1)c1ccc(C(F)(F)F)cc1. The highest BCUT2D eigenvalue weighted by atomic mass is 32.2. The van der Waals surface area contributed by atoms with Gasteiger partial charge in [0.25, 0.3) is 0 Å². The van der Waals surface area contributed by atoms with Crippen molar-refractivity contribution < 1.29 is 31.8 Å². The number of rotatable bonds is 9. The number of nitrogens with one attached hydrogen (secondary N) is 1. The fourth-order valence-electron chi connectivity index (χ4n) is 3.50. The fraction of sp³-hybridized carbons (Fsp3) is 0.619. The number of benzene rings is 1. The summed E-state index contributed by atoms with van der Waals surface area (Å²) in [6.45, 7) is 1.66. The highest BCUT2D eigenvalue weighted by Gasteiger charge is 2.30. The molecule has 31 heavy (non-hydrogen) atoms. The Hall–Kier alpha value is -1.64. The molecule has 0 spiro atoms. The Balaban J connectivity index is 1.79. The van der Waals surface area contributed by atoms with Crippen LogP contribution in [0.5, 0.6) is 0 Å². The predicted octanol–water partition coefficient (Wildman–Crippen LogP) is 2.08. The van der Waals surface area contributed by atoms with Gasteiger partial charge in [0.15, 0.2) is 0 Å². The number of alkyl halides is 3.